The lowest BCUT2D eigenvalue weighted by Crippen LogP contribution is -2.39. The highest BCUT2D eigenvalue weighted by molar-refractivity contribution is 6.31. The number of piperidine rings is 1. The number of carbonyl (C=O) groups is 1. The van der Waals surface area contributed by atoms with Gasteiger partial charge in [0, 0.05) is 41.7 Å². The highest BCUT2D eigenvalue weighted by Gasteiger charge is 2.27. The molecule has 0 radical (unpaired) electrons. The second-order valence-electron chi connectivity index (χ2n) is 7.60. The molecule has 2 aromatic carbocycles. The number of hydrogen-bond acceptors (Lipinski definition) is 2. The van der Waals surface area contributed by atoms with Crippen molar-refractivity contribution in [3.05, 3.63) is 76.6 Å². The first-order valence-electron chi connectivity index (χ1n) is 10.0. The summed E-state index contributed by atoms with van der Waals surface area (Å²) >= 11 is 6.19. The van der Waals surface area contributed by atoms with Crippen molar-refractivity contribution in [3.8, 4) is 11.1 Å². The summed E-state index contributed by atoms with van der Waals surface area (Å²) < 4.78 is 27.0. The molecule has 1 unspecified atom stereocenters. The van der Waals surface area contributed by atoms with E-state index >= 15 is 0 Å². The number of aromatic nitrogens is 2. The lowest BCUT2D eigenvalue weighted by molar-refractivity contribution is -0.132. The van der Waals surface area contributed by atoms with Crippen molar-refractivity contribution in [1.82, 2.24) is 15.1 Å². The van der Waals surface area contributed by atoms with Gasteiger partial charge in [-0.3, -0.25) is 9.89 Å². The molecule has 4 rings (SSSR count). The zero-order chi connectivity index (χ0) is 21.1. The van der Waals surface area contributed by atoms with Crippen LogP contribution in [0.4, 0.5) is 8.78 Å². The number of nitrogens with zero attached hydrogens (tertiary/aromatic N) is 2. The number of H-pyrrole nitrogens is 1. The largest absolute Gasteiger partial charge is 0.342 e. The third-order valence-corrected chi connectivity index (χ3v) is 6.02. The number of amides is 1. The Hall–Kier alpha value is -2.73. The molecule has 0 bridgehead atoms. The van der Waals surface area contributed by atoms with Crippen LogP contribution in [0.3, 0.4) is 0 Å². The van der Waals surface area contributed by atoms with E-state index < -0.39 is 11.6 Å². The summed E-state index contributed by atoms with van der Waals surface area (Å²) in [6, 6.07) is 11.4. The van der Waals surface area contributed by atoms with Crippen LogP contribution in [0.1, 0.15) is 36.4 Å². The van der Waals surface area contributed by atoms with Crippen molar-refractivity contribution >= 4 is 17.5 Å². The number of likely N-dealkylation sites (tertiary alicyclic amines) is 1. The van der Waals surface area contributed by atoms with Crippen LogP contribution < -0.4 is 0 Å². The van der Waals surface area contributed by atoms with Crippen LogP contribution in [-0.2, 0) is 11.2 Å². The van der Waals surface area contributed by atoms with Crippen molar-refractivity contribution in [2.45, 2.75) is 31.6 Å². The van der Waals surface area contributed by atoms with Crippen LogP contribution >= 0.6 is 11.6 Å². The van der Waals surface area contributed by atoms with E-state index in [2.05, 4.69) is 10.2 Å². The maximum absolute atomic E-state index is 13.7. The van der Waals surface area contributed by atoms with Gasteiger partial charge in [-0.05, 0) is 48.6 Å². The zero-order valence-electron chi connectivity index (χ0n) is 16.4. The molecule has 1 N–H and O–H groups in total. The summed E-state index contributed by atoms with van der Waals surface area (Å²) in [4.78, 5) is 14.7. The van der Waals surface area contributed by atoms with Crippen molar-refractivity contribution in [1.29, 1.82) is 0 Å². The fraction of sp³-hybridized carbons (Fsp3) is 0.304. The molecule has 1 aliphatic heterocycles. The minimum atomic E-state index is -0.889. The summed E-state index contributed by atoms with van der Waals surface area (Å²) in [6.07, 6.45) is 4.39. The molecule has 1 saturated heterocycles. The molecule has 156 valence electrons. The van der Waals surface area contributed by atoms with Gasteiger partial charge >= 0.3 is 0 Å². The third kappa shape index (κ3) is 4.38. The molecule has 30 heavy (non-hydrogen) atoms. The van der Waals surface area contributed by atoms with E-state index in [4.69, 9.17) is 11.6 Å². The molecule has 3 aromatic rings. The topological polar surface area (TPSA) is 49.0 Å². The van der Waals surface area contributed by atoms with E-state index in [1.165, 1.54) is 6.07 Å². The second-order valence-corrected chi connectivity index (χ2v) is 8.00. The van der Waals surface area contributed by atoms with Crippen LogP contribution in [0.25, 0.3) is 11.1 Å². The Labute approximate surface area is 178 Å². The monoisotopic (exact) mass is 429 g/mol. The Balaban J connectivity index is 1.46. The van der Waals surface area contributed by atoms with E-state index in [1.54, 1.807) is 12.3 Å². The molecular weight excluding hydrogens is 408 g/mol. The van der Waals surface area contributed by atoms with Crippen molar-refractivity contribution < 1.29 is 13.6 Å². The lowest BCUT2D eigenvalue weighted by atomic mass is 9.90. The zero-order valence-corrected chi connectivity index (χ0v) is 17.1. The van der Waals surface area contributed by atoms with Crippen LogP contribution in [0.5, 0.6) is 0 Å². The Morgan fingerprint density at radius 1 is 1.20 bits per heavy atom. The molecule has 1 aromatic heterocycles. The minimum Gasteiger partial charge on any atom is -0.342 e. The van der Waals surface area contributed by atoms with Gasteiger partial charge in [0.2, 0.25) is 5.91 Å². The maximum atomic E-state index is 13.7. The second kappa shape index (κ2) is 8.96. The van der Waals surface area contributed by atoms with E-state index in [0.717, 1.165) is 35.7 Å². The fourth-order valence-electron chi connectivity index (χ4n) is 4.04. The predicted octanol–water partition coefficient (Wildman–Crippen LogP) is 5.35. The predicted molar refractivity (Wildman–Crippen MR) is 112 cm³/mol. The van der Waals surface area contributed by atoms with Gasteiger partial charge in [0.1, 0.15) is 0 Å². The molecule has 4 nitrogen and oxygen atoms in total. The first-order chi connectivity index (χ1) is 14.5. The molecule has 1 atom stereocenters. The van der Waals surface area contributed by atoms with Crippen LogP contribution in [0, 0.1) is 11.6 Å². The van der Waals surface area contributed by atoms with Gasteiger partial charge < -0.3 is 4.90 Å². The molecular formula is C23H22ClF2N3O. The number of carbonyl (C=O) groups excluding carboxylic acids is 1. The van der Waals surface area contributed by atoms with Crippen molar-refractivity contribution in [3.63, 3.8) is 0 Å². The number of halogens is 3. The third-order valence-electron chi connectivity index (χ3n) is 5.65. The molecule has 1 amide bonds. The van der Waals surface area contributed by atoms with E-state index in [1.807, 2.05) is 29.2 Å². The Morgan fingerprint density at radius 3 is 2.83 bits per heavy atom. The Kier molecular flexibility index (Phi) is 6.13. The molecule has 0 aliphatic carbocycles. The van der Waals surface area contributed by atoms with Gasteiger partial charge in [0.25, 0.3) is 0 Å². The standard InChI is InChI=1S/C23H22ClF2N3O/c24-19-6-2-1-4-15(19)8-10-22(30)29-11-3-5-17(14-29)23-18(13-27-28-23)16-7-9-20(25)21(26)12-16/h1-2,4,6-7,9,12-13,17H,3,5,8,10-11,14H2,(H,27,28). The maximum Gasteiger partial charge on any atom is 0.222 e. The minimum absolute atomic E-state index is 0.0635. The quantitative estimate of drug-likeness (QED) is 0.594. The summed E-state index contributed by atoms with van der Waals surface area (Å²) in [5.41, 5.74) is 3.13. The smallest absolute Gasteiger partial charge is 0.222 e. The van der Waals surface area contributed by atoms with Gasteiger partial charge in [-0.25, -0.2) is 8.78 Å². The number of aromatic amines is 1. The first kappa shape index (κ1) is 20.5. The van der Waals surface area contributed by atoms with Crippen molar-refractivity contribution in [2.75, 3.05) is 13.1 Å². The van der Waals surface area contributed by atoms with Crippen LogP contribution in [0.2, 0.25) is 5.02 Å². The highest BCUT2D eigenvalue weighted by Crippen LogP contribution is 2.33. The molecule has 0 saturated carbocycles. The van der Waals surface area contributed by atoms with Gasteiger partial charge in [-0.1, -0.05) is 35.9 Å². The first-order valence-corrected chi connectivity index (χ1v) is 10.4. The van der Waals surface area contributed by atoms with Crippen LogP contribution in [0.15, 0.2) is 48.7 Å². The van der Waals surface area contributed by atoms with Gasteiger partial charge in [-0.15, -0.1) is 0 Å². The SMILES string of the molecule is O=C(CCc1ccccc1Cl)N1CCCC(c2[nH]ncc2-c2ccc(F)c(F)c2)C1. The number of benzene rings is 2. The average molecular weight is 430 g/mol. The van der Waals surface area contributed by atoms with Gasteiger partial charge in [0.15, 0.2) is 11.6 Å². The summed E-state index contributed by atoms with van der Waals surface area (Å²) in [7, 11) is 0. The molecule has 1 fully saturated rings. The summed E-state index contributed by atoms with van der Waals surface area (Å²) in [6.45, 7) is 1.28. The van der Waals surface area contributed by atoms with E-state index in [-0.39, 0.29) is 11.8 Å². The number of hydrogen-bond donors (Lipinski definition) is 1. The molecule has 2 heterocycles. The van der Waals surface area contributed by atoms with Crippen LogP contribution in [-0.4, -0.2) is 34.1 Å². The van der Waals surface area contributed by atoms with Crippen molar-refractivity contribution in [2.24, 2.45) is 0 Å². The number of aryl methyl sites for hydroxylation is 1. The van der Waals surface area contributed by atoms with E-state index in [0.29, 0.717) is 36.5 Å². The number of rotatable bonds is 5. The lowest BCUT2D eigenvalue weighted by Gasteiger charge is -2.33. The average Bonchev–Trinajstić information content (AvgIpc) is 3.25. The Morgan fingerprint density at radius 2 is 2.03 bits per heavy atom. The summed E-state index contributed by atoms with van der Waals surface area (Å²) in [5.74, 6) is -1.61. The fourth-order valence-corrected chi connectivity index (χ4v) is 4.27. The Bertz CT molecular complexity index is 1050. The van der Waals surface area contributed by atoms with Gasteiger partial charge in [-0.2, -0.15) is 5.10 Å². The number of nitrogens with one attached hydrogen (secondary N) is 1. The normalized spacial score (nSPS) is 16.6. The molecule has 0 spiro atoms. The highest BCUT2D eigenvalue weighted by atomic mass is 35.5. The summed E-state index contributed by atoms with van der Waals surface area (Å²) in [5, 5.41) is 7.81. The van der Waals surface area contributed by atoms with Gasteiger partial charge in [0.05, 0.1) is 6.20 Å². The van der Waals surface area contributed by atoms with E-state index in [9.17, 15) is 13.6 Å². The molecule has 7 heteroatoms. The molecule has 1 aliphatic rings.